The topological polar surface area (TPSA) is 72.5 Å². The van der Waals surface area contributed by atoms with Crippen molar-refractivity contribution in [2.24, 2.45) is 5.73 Å². The molecule has 0 spiro atoms. The Morgan fingerprint density at radius 3 is 2.29 bits per heavy atom. The number of fused-ring (bicyclic) bond motifs is 1. The van der Waals surface area contributed by atoms with E-state index in [0.717, 1.165) is 58.7 Å². The number of aryl methyl sites for hydroxylation is 1. The predicted molar refractivity (Wildman–Crippen MR) is 139 cm³/mol. The molecule has 4 rings (SSSR count). The van der Waals surface area contributed by atoms with Crippen LogP contribution in [-0.4, -0.2) is 16.7 Å². The molecule has 0 aromatic heterocycles. The fourth-order valence-electron chi connectivity index (χ4n) is 5.18. The molecule has 1 saturated carbocycles. The zero-order valence-electron chi connectivity index (χ0n) is 20.5. The van der Waals surface area contributed by atoms with Gasteiger partial charge in [-0.05, 0) is 91.8 Å². The van der Waals surface area contributed by atoms with Crippen LogP contribution in [0.15, 0.2) is 48.5 Å². The van der Waals surface area contributed by atoms with E-state index in [1.54, 1.807) is 0 Å². The Morgan fingerprint density at radius 2 is 1.71 bits per heavy atom. The van der Waals surface area contributed by atoms with Gasteiger partial charge in [0.05, 0.1) is 5.60 Å². The number of carbonyl (C=O) groups is 1. The van der Waals surface area contributed by atoms with Gasteiger partial charge in [-0.15, -0.1) is 0 Å². The van der Waals surface area contributed by atoms with Gasteiger partial charge in [-0.1, -0.05) is 61.2 Å². The Hall–Kier alpha value is -2.40. The van der Waals surface area contributed by atoms with Gasteiger partial charge in [0.2, 0.25) is 0 Å². The molecule has 1 aliphatic rings. The first-order chi connectivity index (χ1) is 16.0. The third kappa shape index (κ3) is 5.00. The Morgan fingerprint density at radius 1 is 1.06 bits per heavy atom. The molecule has 1 fully saturated rings. The molecule has 0 saturated heterocycles. The summed E-state index contributed by atoms with van der Waals surface area (Å²) < 4.78 is 6.12. The van der Waals surface area contributed by atoms with Crippen molar-refractivity contribution in [2.75, 3.05) is 0 Å². The van der Waals surface area contributed by atoms with Gasteiger partial charge < -0.3 is 15.6 Å². The zero-order valence-corrected chi connectivity index (χ0v) is 21.2. The number of carboxylic acid groups (broad SMARTS) is 1. The largest absolute Gasteiger partial charge is 0.479 e. The Balaban J connectivity index is 2.03. The van der Waals surface area contributed by atoms with Gasteiger partial charge in [0.1, 0.15) is 0 Å². The molecule has 5 heteroatoms. The average Bonchev–Trinajstić information content (AvgIpc) is 2.77. The molecule has 0 aliphatic heterocycles. The molecular weight excluding hydrogens is 446 g/mol. The van der Waals surface area contributed by atoms with Crippen LogP contribution >= 0.6 is 11.6 Å². The highest BCUT2D eigenvalue weighted by molar-refractivity contribution is 6.30. The first kappa shape index (κ1) is 24.7. The molecule has 0 bridgehead atoms. The second-order valence-corrected chi connectivity index (χ2v) is 11.0. The first-order valence-corrected chi connectivity index (χ1v) is 12.4. The molecule has 4 nitrogen and oxygen atoms in total. The predicted octanol–water partition coefficient (Wildman–Crippen LogP) is 7.53. The van der Waals surface area contributed by atoms with E-state index in [1.807, 2.05) is 52.0 Å². The van der Waals surface area contributed by atoms with Crippen molar-refractivity contribution in [3.8, 4) is 11.1 Å². The molecule has 0 amide bonds. The fraction of sp³-hybridized carbons (Fsp3) is 0.414. The van der Waals surface area contributed by atoms with Crippen molar-refractivity contribution in [3.63, 3.8) is 0 Å². The summed E-state index contributed by atoms with van der Waals surface area (Å²) in [5.74, 6) is -1.01. The molecule has 1 atom stereocenters. The van der Waals surface area contributed by atoms with Crippen molar-refractivity contribution >= 4 is 28.3 Å². The third-order valence-corrected chi connectivity index (χ3v) is 7.05. The van der Waals surface area contributed by atoms with Crippen LogP contribution in [0.25, 0.3) is 21.9 Å². The number of ether oxygens (including phenoxy) is 1. The van der Waals surface area contributed by atoms with Crippen LogP contribution in [0, 0.1) is 6.92 Å². The number of carboxylic acids is 1. The molecule has 0 radical (unpaired) electrons. The molecule has 1 aliphatic carbocycles. The van der Waals surface area contributed by atoms with E-state index in [4.69, 9.17) is 22.1 Å². The second-order valence-electron chi connectivity index (χ2n) is 10.6. The van der Waals surface area contributed by atoms with E-state index in [0.29, 0.717) is 10.6 Å². The monoisotopic (exact) mass is 479 g/mol. The number of hydrogen-bond donors (Lipinski definition) is 2. The van der Waals surface area contributed by atoms with Crippen LogP contribution in [0.3, 0.4) is 0 Å². The van der Waals surface area contributed by atoms with Crippen molar-refractivity contribution in [2.45, 2.75) is 77.0 Å². The van der Waals surface area contributed by atoms with Crippen molar-refractivity contribution in [3.05, 3.63) is 70.2 Å². The minimum atomic E-state index is -1.11. The number of aliphatic carboxylic acids is 1. The van der Waals surface area contributed by atoms with Crippen LogP contribution in [0.5, 0.6) is 0 Å². The van der Waals surface area contributed by atoms with Gasteiger partial charge in [0.25, 0.3) is 0 Å². The number of halogens is 1. The quantitative estimate of drug-likeness (QED) is 0.396. The fourth-order valence-corrected chi connectivity index (χ4v) is 5.31. The normalized spacial score (nSPS) is 17.0. The average molecular weight is 480 g/mol. The number of benzene rings is 3. The van der Waals surface area contributed by atoms with Gasteiger partial charge in [0.15, 0.2) is 6.10 Å². The lowest BCUT2D eigenvalue weighted by atomic mass is 9.76. The maximum absolute atomic E-state index is 12.5. The maximum Gasteiger partial charge on any atom is 0.337 e. The van der Waals surface area contributed by atoms with Crippen LogP contribution in [0.1, 0.15) is 75.7 Å². The minimum absolute atomic E-state index is 0.358. The first-order valence-electron chi connectivity index (χ1n) is 12.0. The molecule has 34 heavy (non-hydrogen) atoms. The molecule has 0 unspecified atom stereocenters. The Labute approximate surface area is 207 Å². The molecule has 3 N–H and O–H groups in total. The Bertz CT molecular complexity index is 1200. The highest BCUT2D eigenvalue weighted by Gasteiger charge is 2.33. The van der Waals surface area contributed by atoms with E-state index in [1.165, 1.54) is 6.42 Å². The number of hydrogen-bond acceptors (Lipinski definition) is 3. The Kier molecular flexibility index (Phi) is 6.78. The maximum atomic E-state index is 12.5. The van der Waals surface area contributed by atoms with Gasteiger partial charge in [-0.2, -0.15) is 0 Å². The standard InChI is InChI=1S/C29H34ClNO3/c1-18-16-20-8-11-21(29(31)14-6-5-7-15-29)17-23(20)25(19-9-12-22(30)13-10-19)24(18)26(27(32)33)34-28(2,3)4/h8-13,16-17,26H,5-7,14-15,31H2,1-4H3,(H,32,33)/t26-/m0/s1. The van der Waals surface area contributed by atoms with Crippen LogP contribution in [-0.2, 0) is 15.1 Å². The van der Waals surface area contributed by atoms with Crippen molar-refractivity contribution < 1.29 is 14.6 Å². The number of rotatable bonds is 5. The lowest BCUT2D eigenvalue weighted by Crippen LogP contribution is -2.38. The summed E-state index contributed by atoms with van der Waals surface area (Å²) in [6.45, 7) is 7.58. The van der Waals surface area contributed by atoms with Crippen LogP contribution in [0.2, 0.25) is 5.02 Å². The minimum Gasteiger partial charge on any atom is -0.479 e. The van der Waals surface area contributed by atoms with Crippen molar-refractivity contribution in [1.82, 2.24) is 0 Å². The summed E-state index contributed by atoms with van der Waals surface area (Å²) in [6, 6.07) is 16.0. The summed E-state index contributed by atoms with van der Waals surface area (Å²) in [5, 5.41) is 12.9. The molecule has 3 aromatic rings. The summed E-state index contributed by atoms with van der Waals surface area (Å²) in [7, 11) is 0. The van der Waals surface area contributed by atoms with E-state index < -0.39 is 17.7 Å². The summed E-state index contributed by atoms with van der Waals surface area (Å²) in [6.07, 6.45) is 4.27. The highest BCUT2D eigenvalue weighted by atomic mass is 35.5. The van der Waals surface area contributed by atoms with Gasteiger partial charge in [-0.25, -0.2) is 4.79 Å². The van der Waals surface area contributed by atoms with E-state index in [2.05, 4.69) is 24.3 Å². The van der Waals surface area contributed by atoms with Gasteiger partial charge in [0, 0.05) is 16.1 Å². The van der Waals surface area contributed by atoms with E-state index in [9.17, 15) is 9.90 Å². The highest BCUT2D eigenvalue weighted by Crippen LogP contribution is 2.43. The molecule has 180 valence electrons. The zero-order chi connectivity index (χ0) is 24.7. The van der Waals surface area contributed by atoms with Crippen LogP contribution < -0.4 is 5.73 Å². The van der Waals surface area contributed by atoms with E-state index in [-0.39, 0.29) is 5.54 Å². The lowest BCUT2D eigenvalue weighted by molar-refractivity contribution is -0.160. The summed E-state index contributed by atoms with van der Waals surface area (Å²) in [4.78, 5) is 12.5. The van der Waals surface area contributed by atoms with Gasteiger partial charge in [-0.3, -0.25) is 0 Å². The molecule has 3 aromatic carbocycles. The smallest absolute Gasteiger partial charge is 0.337 e. The lowest BCUT2D eigenvalue weighted by Gasteiger charge is -2.34. The summed E-state index contributed by atoms with van der Waals surface area (Å²) >= 11 is 6.20. The number of nitrogens with two attached hydrogens (primary N) is 1. The molecule has 0 heterocycles. The third-order valence-electron chi connectivity index (χ3n) is 6.80. The van der Waals surface area contributed by atoms with Crippen LogP contribution in [0.4, 0.5) is 0 Å². The summed E-state index contributed by atoms with van der Waals surface area (Å²) in [5.41, 5.74) is 10.3. The van der Waals surface area contributed by atoms with E-state index >= 15 is 0 Å². The van der Waals surface area contributed by atoms with Gasteiger partial charge >= 0.3 is 5.97 Å². The second kappa shape index (κ2) is 9.33. The molecular formula is C29H34ClNO3. The SMILES string of the molecule is Cc1cc2ccc(C3(N)CCCCC3)cc2c(-c2ccc(Cl)cc2)c1[C@H](OC(C)(C)C)C(=O)O. The van der Waals surface area contributed by atoms with Crippen molar-refractivity contribution in [1.29, 1.82) is 0 Å².